The molecule has 2 atom stereocenters. The third-order valence-electron chi connectivity index (χ3n) is 5.41. The van der Waals surface area contributed by atoms with Gasteiger partial charge in [-0.2, -0.15) is 0 Å². The summed E-state index contributed by atoms with van der Waals surface area (Å²) in [5.74, 6) is 0.0684. The maximum atomic E-state index is 12.8. The monoisotopic (exact) mass is 375 g/mol. The highest BCUT2D eigenvalue weighted by molar-refractivity contribution is 7.09. The lowest BCUT2D eigenvalue weighted by Crippen LogP contribution is -2.55. The fourth-order valence-electron chi connectivity index (χ4n) is 3.68. The predicted molar refractivity (Wildman–Crippen MR) is 98.6 cm³/mol. The largest absolute Gasteiger partial charge is 0.390 e. The van der Waals surface area contributed by atoms with Crippen LogP contribution in [-0.2, 0) is 17.9 Å². The lowest BCUT2D eigenvalue weighted by molar-refractivity contribution is -0.129. The molecule has 2 fully saturated rings. The van der Waals surface area contributed by atoms with Crippen LogP contribution in [0.4, 0.5) is 0 Å². The van der Waals surface area contributed by atoms with Crippen LogP contribution in [0.5, 0.6) is 0 Å². The summed E-state index contributed by atoms with van der Waals surface area (Å²) in [5.41, 5.74) is 0.731. The number of β-amino-alcohol motifs (C(OH)–C–C–N with tert-alkyl or cyclic N) is 1. The van der Waals surface area contributed by atoms with E-state index < -0.39 is 6.10 Å². The predicted octanol–water partition coefficient (Wildman–Crippen LogP) is 1.18. The summed E-state index contributed by atoms with van der Waals surface area (Å²) < 4.78 is 1.96. The number of amides is 1. The van der Waals surface area contributed by atoms with Gasteiger partial charge in [-0.3, -0.25) is 9.69 Å². The van der Waals surface area contributed by atoms with Gasteiger partial charge >= 0.3 is 0 Å². The Morgan fingerprint density at radius 1 is 1.50 bits per heavy atom. The number of carbonyl (C=O) groups is 1. The van der Waals surface area contributed by atoms with Gasteiger partial charge in [0.25, 0.3) is 0 Å². The summed E-state index contributed by atoms with van der Waals surface area (Å²) in [6, 6.07) is -0.170. The molecule has 1 saturated heterocycles. The number of nitrogens with one attached hydrogen (secondary N) is 1. The molecule has 8 heteroatoms. The van der Waals surface area contributed by atoms with Crippen molar-refractivity contribution in [1.82, 2.24) is 24.8 Å². The second-order valence-corrected chi connectivity index (χ2v) is 8.61. The fraction of sp³-hybridized carbons (Fsp3) is 0.611. The standard InChI is InChI=1S/C18H25N5O2S/c1-13-20-14(10-26-13)8-22-6-2-15(16(24)9-22)21-17(25)18(3-4-18)11-23-7-5-19-12-23/h5,7,10,12,15-16,24H,2-4,6,8-9,11H2,1H3,(H,21,25)/t15-,16-/m1/s1. The molecule has 0 aromatic carbocycles. The Balaban J connectivity index is 1.30. The minimum absolute atomic E-state index is 0.0684. The summed E-state index contributed by atoms with van der Waals surface area (Å²) in [7, 11) is 0. The second-order valence-electron chi connectivity index (χ2n) is 7.54. The molecule has 1 aliphatic carbocycles. The van der Waals surface area contributed by atoms with E-state index in [9.17, 15) is 9.90 Å². The lowest BCUT2D eigenvalue weighted by Gasteiger charge is -2.36. The zero-order valence-electron chi connectivity index (χ0n) is 15.0. The number of aryl methyl sites for hydroxylation is 1. The van der Waals surface area contributed by atoms with Crippen molar-refractivity contribution in [2.24, 2.45) is 5.41 Å². The first-order valence-corrected chi connectivity index (χ1v) is 10.0. The zero-order chi connectivity index (χ0) is 18.1. The third-order valence-corrected chi connectivity index (χ3v) is 6.24. The molecule has 2 N–H and O–H groups in total. The quantitative estimate of drug-likeness (QED) is 0.792. The summed E-state index contributed by atoms with van der Waals surface area (Å²) in [6.07, 6.45) is 7.39. The van der Waals surface area contributed by atoms with Gasteiger partial charge in [-0.25, -0.2) is 9.97 Å². The number of hydrogen-bond donors (Lipinski definition) is 2. The van der Waals surface area contributed by atoms with Crippen molar-refractivity contribution in [2.75, 3.05) is 13.1 Å². The van der Waals surface area contributed by atoms with E-state index in [1.807, 2.05) is 17.7 Å². The Kier molecular flexibility index (Phi) is 4.81. The first kappa shape index (κ1) is 17.6. The smallest absolute Gasteiger partial charge is 0.228 e. The van der Waals surface area contributed by atoms with Gasteiger partial charge in [-0.1, -0.05) is 0 Å². The molecular weight excluding hydrogens is 350 g/mol. The molecule has 3 heterocycles. The van der Waals surface area contributed by atoms with Crippen LogP contribution in [0.25, 0.3) is 0 Å². The number of aromatic nitrogens is 3. The molecule has 0 spiro atoms. The summed E-state index contributed by atoms with van der Waals surface area (Å²) in [5, 5.41) is 16.8. The summed E-state index contributed by atoms with van der Waals surface area (Å²) >= 11 is 1.65. The van der Waals surface area contributed by atoms with Gasteiger partial charge in [-0.05, 0) is 26.2 Å². The molecule has 1 aliphatic heterocycles. The molecule has 26 heavy (non-hydrogen) atoms. The molecule has 0 unspecified atom stereocenters. The molecule has 2 aliphatic rings. The van der Waals surface area contributed by atoms with E-state index in [-0.39, 0.29) is 17.4 Å². The Morgan fingerprint density at radius 3 is 2.96 bits per heavy atom. The Morgan fingerprint density at radius 2 is 2.35 bits per heavy atom. The van der Waals surface area contributed by atoms with Crippen LogP contribution in [0.1, 0.15) is 30.0 Å². The molecule has 2 aromatic rings. The minimum Gasteiger partial charge on any atom is -0.390 e. The van der Waals surface area contributed by atoms with Gasteiger partial charge in [0.15, 0.2) is 0 Å². The van der Waals surface area contributed by atoms with Crippen LogP contribution >= 0.6 is 11.3 Å². The normalized spacial score (nSPS) is 25.2. The molecule has 4 rings (SSSR count). The molecule has 0 bridgehead atoms. The summed E-state index contributed by atoms with van der Waals surface area (Å²) in [4.78, 5) is 23.5. The number of thiazole rings is 1. The molecule has 2 aromatic heterocycles. The number of aliphatic hydroxyl groups is 1. The highest BCUT2D eigenvalue weighted by Gasteiger charge is 2.50. The molecule has 0 radical (unpaired) electrons. The first-order chi connectivity index (χ1) is 12.5. The number of hydrogen-bond acceptors (Lipinski definition) is 6. The minimum atomic E-state index is -0.545. The van der Waals surface area contributed by atoms with Crippen LogP contribution < -0.4 is 5.32 Å². The van der Waals surface area contributed by atoms with Crippen molar-refractivity contribution in [2.45, 2.75) is 51.4 Å². The fourth-order valence-corrected chi connectivity index (χ4v) is 4.28. The average Bonchev–Trinajstić information content (AvgIpc) is 2.99. The van der Waals surface area contributed by atoms with E-state index in [4.69, 9.17) is 0 Å². The number of nitrogens with zero attached hydrogens (tertiary/aromatic N) is 4. The van der Waals surface area contributed by atoms with Crippen LogP contribution in [0.3, 0.4) is 0 Å². The topological polar surface area (TPSA) is 83.3 Å². The van der Waals surface area contributed by atoms with Crippen molar-refractivity contribution >= 4 is 17.2 Å². The third kappa shape index (κ3) is 3.82. The van der Waals surface area contributed by atoms with Crippen molar-refractivity contribution in [3.63, 3.8) is 0 Å². The van der Waals surface area contributed by atoms with Crippen molar-refractivity contribution < 1.29 is 9.90 Å². The van der Waals surface area contributed by atoms with Crippen LogP contribution in [0, 0.1) is 12.3 Å². The second kappa shape index (κ2) is 7.09. The Labute approximate surface area is 157 Å². The van der Waals surface area contributed by atoms with Crippen molar-refractivity contribution in [3.05, 3.63) is 34.8 Å². The molecule has 140 valence electrons. The van der Waals surface area contributed by atoms with E-state index in [2.05, 4.69) is 25.6 Å². The van der Waals surface area contributed by atoms with Gasteiger partial charge in [0.1, 0.15) is 0 Å². The Bertz CT molecular complexity index is 755. The zero-order valence-corrected chi connectivity index (χ0v) is 15.8. The number of aliphatic hydroxyl groups excluding tert-OH is 1. The average molecular weight is 375 g/mol. The lowest BCUT2D eigenvalue weighted by atomic mass is 9.99. The van der Waals surface area contributed by atoms with Crippen LogP contribution in [0.15, 0.2) is 24.1 Å². The van der Waals surface area contributed by atoms with E-state index in [0.29, 0.717) is 13.1 Å². The van der Waals surface area contributed by atoms with Gasteiger partial charge < -0.3 is 15.0 Å². The molecular formula is C18H25N5O2S. The van der Waals surface area contributed by atoms with Crippen molar-refractivity contribution in [3.8, 4) is 0 Å². The highest BCUT2D eigenvalue weighted by Crippen LogP contribution is 2.47. The molecule has 1 saturated carbocycles. The Hall–Kier alpha value is -1.77. The van der Waals surface area contributed by atoms with Gasteiger partial charge in [0.2, 0.25) is 5.91 Å². The van der Waals surface area contributed by atoms with E-state index in [0.717, 1.165) is 43.1 Å². The van der Waals surface area contributed by atoms with Crippen LogP contribution in [0.2, 0.25) is 0 Å². The van der Waals surface area contributed by atoms with Gasteiger partial charge in [-0.15, -0.1) is 11.3 Å². The maximum absolute atomic E-state index is 12.8. The highest BCUT2D eigenvalue weighted by atomic mass is 32.1. The van der Waals surface area contributed by atoms with Gasteiger partial charge in [0, 0.05) is 44.0 Å². The SMILES string of the molecule is Cc1nc(CN2CC[C@@H](NC(=O)C3(Cn4ccnc4)CC3)[C@H](O)C2)cs1. The number of likely N-dealkylation sites (tertiary alicyclic amines) is 1. The van der Waals surface area contributed by atoms with E-state index in [1.165, 1.54) is 0 Å². The number of carbonyl (C=O) groups excluding carboxylic acids is 1. The van der Waals surface area contributed by atoms with Gasteiger partial charge in [0.05, 0.1) is 34.6 Å². The van der Waals surface area contributed by atoms with Crippen molar-refractivity contribution in [1.29, 1.82) is 0 Å². The van der Waals surface area contributed by atoms with Crippen LogP contribution in [-0.4, -0.2) is 55.7 Å². The van der Waals surface area contributed by atoms with E-state index in [1.54, 1.807) is 23.9 Å². The maximum Gasteiger partial charge on any atom is 0.228 e. The first-order valence-electron chi connectivity index (χ1n) is 9.12. The number of rotatable bonds is 6. The molecule has 7 nitrogen and oxygen atoms in total. The number of imidazole rings is 1. The van der Waals surface area contributed by atoms with E-state index >= 15 is 0 Å². The molecule has 1 amide bonds. The summed E-state index contributed by atoms with van der Waals surface area (Å²) in [6.45, 7) is 4.84. The number of piperidine rings is 1.